The maximum atomic E-state index is 10.3. The van der Waals surface area contributed by atoms with Gasteiger partial charge in [0.2, 0.25) is 0 Å². The van der Waals surface area contributed by atoms with E-state index in [1.165, 1.54) is 12.1 Å². The van der Waals surface area contributed by atoms with Crippen LogP contribution in [0.4, 0.5) is 5.69 Å². The Morgan fingerprint density at radius 2 is 2.17 bits per heavy atom. The molecule has 1 aromatic carbocycles. The molecule has 1 aromatic rings. The Morgan fingerprint density at radius 1 is 1.50 bits per heavy atom. The van der Waals surface area contributed by atoms with Crippen molar-refractivity contribution in [2.24, 2.45) is 0 Å². The van der Waals surface area contributed by atoms with Gasteiger partial charge < -0.3 is 0 Å². The molecular weight excluding hydrogens is 271 g/mol. The van der Waals surface area contributed by atoms with Gasteiger partial charge in [0, 0.05) is 15.7 Å². The van der Waals surface area contributed by atoms with E-state index in [4.69, 9.17) is 5.26 Å². The lowest BCUT2D eigenvalue weighted by molar-refractivity contribution is -0.385. The summed E-state index contributed by atoms with van der Waals surface area (Å²) >= 11 is 1.93. The number of nitro groups is 1. The summed E-state index contributed by atoms with van der Waals surface area (Å²) in [5.74, 6) is 0. The highest BCUT2D eigenvalue weighted by atomic mass is 127. The van der Waals surface area contributed by atoms with Gasteiger partial charge in [0.1, 0.15) is 0 Å². The zero-order valence-electron chi connectivity index (χ0n) is 5.82. The molecule has 0 bridgehead atoms. The van der Waals surface area contributed by atoms with Gasteiger partial charge in [0.25, 0.3) is 5.69 Å². The van der Waals surface area contributed by atoms with Gasteiger partial charge in [0.05, 0.1) is 16.6 Å². The van der Waals surface area contributed by atoms with Gasteiger partial charge >= 0.3 is 0 Å². The van der Waals surface area contributed by atoms with Crippen LogP contribution in [-0.2, 0) is 0 Å². The molecule has 0 saturated heterocycles. The van der Waals surface area contributed by atoms with Crippen LogP contribution in [0.3, 0.4) is 0 Å². The van der Waals surface area contributed by atoms with Gasteiger partial charge in [-0.1, -0.05) is 0 Å². The maximum Gasteiger partial charge on any atom is 0.271 e. The normalized spacial score (nSPS) is 9.00. The van der Waals surface area contributed by atoms with E-state index in [1.807, 2.05) is 28.7 Å². The Morgan fingerprint density at radius 3 is 2.67 bits per heavy atom. The van der Waals surface area contributed by atoms with Crippen molar-refractivity contribution in [3.05, 3.63) is 37.4 Å². The van der Waals surface area contributed by atoms with Gasteiger partial charge in [0.15, 0.2) is 0 Å². The Hall–Kier alpha value is -1.16. The second-order valence-electron chi connectivity index (χ2n) is 2.07. The first-order chi connectivity index (χ1) is 5.63. The molecule has 0 heterocycles. The number of benzene rings is 1. The van der Waals surface area contributed by atoms with Crippen LogP contribution in [0.2, 0.25) is 0 Å². The van der Waals surface area contributed by atoms with Crippen LogP contribution in [0.15, 0.2) is 18.2 Å². The molecule has 0 atom stereocenters. The van der Waals surface area contributed by atoms with Crippen molar-refractivity contribution in [1.29, 1.82) is 5.26 Å². The molecule has 5 heteroatoms. The van der Waals surface area contributed by atoms with Crippen molar-refractivity contribution in [2.45, 2.75) is 0 Å². The summed E-state index contributed by atoms with van der Waals surface area (Å²) in [5.41, 5.74) is 0.270. The van der Waals surface area contributed by atoms with Crippen molar-refractivity contribution in [2.75, 3.05) is 0 Å². The molecule has 0 aromatic heterocycles. The Labute approximate surface area is 82.1 Å². The SMILES string of the molecule is N#Cc1cc(I)cc([N+](=O)[O-])c1. The molecule has 0 aliphatic heterocycles. The van der Waals surface area contributed by atoms with Crippen LogP contribution < -0.4 is 0 Å². The highest BCUT2D eigenvalue weighted by molar-refractivity contribution is 14.1. The van der Waals surface area contributed by atoms with Gasteiger partial charge in [-0.25, -0.2) is 0 Å². The molecule has 1 rings (SSSR count). The van der Waals surface area contributed by atoms with E-state index in [-0.39, 0.29) is 5.69 Å². The van der Waals surface area contributed by atoms with E-state index in [0.29, 0.717) is 9.13 Å². The second kappa shape index (κ2) is 3.49. The number of nitrogens with zero attached hydrogens (tertiary/aromatic N) is 2. The van der Waals surface area contributed by atoms with Gasteiger partial charge in [-0.15, -0.1) is 0 Å². The third kappa shape index (κ3) is 1.92. The van der Waals surface area contributed by atoms with Crippen LogP contribution in [-0.4, -0.2) is 4.92 Å². The fourth-order valence-electron chi connectivity index (χ4n) is 0.744. The largest absolute Gasteiger partial charge is 0.271 e. The summed E-state index contributed by atoms with van der Waals surface area (Å²) in [6.45, 7) is 0. The predicted octanol–water partition coefficient (Wildman–Crippen LogP) is 2.07. The number of hydrogen-bond donors (Lipinski definition) is 0. The van der Waals surface area contributed by atoms with E-state index < -0.39 is 4.92 Å². The van der Waals surface area contributed by atoms with Crippen LogP contribution >= 0.6 is 22.6 Å². The number of halogens is 1. The van der Waals surface area contributed by atoms with E-state index in [9.17, 15) is 10.1 Å². The number of rotatable bonds is 1. The zero-order valence-corrected chi connectivity index (χ0v) is 7.98. The average Bonchev–Trinajstić information content (AvgIpc) is 2.03. The third-order valence-electron chi connectivity index (χ3n) is 1.22. The molecule has 0 N–H and O–H groups in total. The maximum absolute atomic E-state index is 10.3. The van der Waals surface area contributed by atoms with E-state index in [1.54, 1.807) is 6.07 Å². The summed E-state index contributed by atoms with van der Waals surface area (Å²) in [7, 11) is 0. The summed E-state index contributed by atoms with van der Waals surface area (Å²) in [6, 6.07) is 6.11. The molecule has 60 valence electrons. The quantitative estimate of drug-likeness (QED) is 0.447. The minimum atomic E-state index is -0.511. The molecule has 0 aliphatic carbocycles. The lowest BCUT2D eigenvalue weighted by Gasteiger charge is -1.93. The van der Waals surface area contributed by atoms with Crippen LogP contribution in [0.25, 0.3) is 0 Å². The Balaban J connectivity index is 3.26. The minimum absolute atomic E-state index is 0.0431. The first kappa shape index (κ1) is 8.93. The van der Waals surface area contributed by atoms with Crippen LogP contribution in [0.5, 0.6) is 0 Å². The van der Waals surface area contributed by atoms with Gasteiger partial charge in [-0.05, 0) is 28.7 Å². The first-order valence-electron chi connectivity index (χ1n) is 2.98. The monoisotopic (exact) mass is 274 g/mol. The topological polar surface area (TPSA) is 66.9 Å². The fraction of sp³-hybridized carbons (Fsp3) is 0. The molecule has 0 unspecified atom stereocenters. The standard InChI is InChI=1S/C7H3IN2O2/c8-6-1-5(4-9)2-7(3-6)10(11)12/h1-3H. The van der Waals surface area contributed by atoms with E-state index >= 15 is 0 Å². The molecule has 0 aliphatic rings. The lowest BCUT2D eigenvalue weighted by Crippen LogP contribution is -1.89. The average molecular weight is 274 g/mol. The number of non-ortho nitro benzene ring substituents is 1. The molecule has 0 spiro atoms. The number of nitriles is 1. The molecule has 0 amide bonds. The summed E-state index contributed by atoms with van der Waals surface area (Å²) < 4.78 is 0.693. The molecule has 0 radical (unpaired) electrons. The molecule has 0 fully saturated rings. The van der Waals surface area contributed by atoms with Crippen molar-refractivity contribution < 1.29 is 4.92 Å². The Kier molecular flexibility index (Phi) is 2.60. The van der Waals surface area contributed by atoms with Crippen LogP contribution in [0, 0.1) is 25.0 Å². The van der Waals surface area contributed by atoms with Crippen molar-refractivity contribution in [1.82, 2.24) is 0 Å². The highest BCUT2D eigenvalue weighted by Crippen LogP contribution is 2.17. The van der Waals surface area contributed by atoms with Gasteiger partial charge in [-0.3, -0.25) is 10.1 Å². The van der Waals surface area contributed by atoms with Crippen molar-refractivity contribution in [3.63, 3.8) is 0 Å². The Bertz CT molecular complexity index is 370. The number of hydrogen-bond acceptors (Lipinski definition) is 3. The van der Waals surface area contributed by atoms with Gasteiger partial charge in [-0.2, -0.15) is 5.26 Å². The molecule has 4 nitrogen and oxygen atoms in total. The summed E-state index contributed by atoms with van der Waals surface area (Å²) in [5, 5.41) is 18.8. The molecular formula is C7H3IN2O2. The second-order valence-corrected chi connectivity index (χ2v) is 3.31. The third-order valence-corrected chi connectivity index (χ3v) is 1.85. The smallest absolute Gasteiger partial charge is 0.258 e. The lowest BCUT2D eigenvalue weighted by atomic mass is 10.2. The fourth-order valence-corrected chi connectivity index (χ4v) is 1.40. The minimum Gasteiger partial charge on any atom is -0.258 e. The summed E-state index contributed by atoms with van der Waals surface area (Å²) in [4.78, 5) is 9.80. The zero-order chi connectivity index (χ0) is 9.14. The molecule has 12 heavy (non-hydrogen) atoms. The van der Waals surface area contributed by atoms with E-state index in [2.05, 4.69) is 0 Å². The summed E-state index contributed by atoms with van der Waals surface area (Å²) in [6.07, 6.45) is 0. The number of nitro benzene ring substituents is 1. The first-order valence-corrected chi connectivity index (χ1v) is 4.06. The molecule has 0 saturated carbocycles. The predicted molar refractivity (Wildman–Crippen MR) is 50.5 cm³/mol. The highest BCUT2D eigenvalue weighted by Gasteiger charge is 2.07. The van der Waals surface area contributed by atoms with Crippen molar-refractivity contribution in [3.8, 4) is 6.07 Å². The van der Waals surface area contributed by atoms with Crippen molar-refractivity contribution >= 4 is 28.3 Å². The van der Waals surface area contributed by atoms with E-state index in [0.717, 1.165) is 0 Å². The van der Waals surface area contributed by atoms with Crippen LogP contribution in [0.1, 0.15) is 5.56 Å².